The third-order valence-corrected chi connectivity index (χ3v) is 7.33. The predicted octanol–water partition coefficient (Wildman–Crippen LogP) is 6.31. The maximum atomic E-state index is 13.5. The largest absolute Gasteiger partial charge is 0.496 e. The number of anilines is 1. The molecule has 0 radical (unpaired) electrons. The van der Waals surface area contributed by atoms with Crippen LogP contribution in [0, 0.1) is 5.92 Å². The first-order valence-corrected chi connectivity index (χ1v) is 13.1. The molecule has 35 heavy (non-hydrogen) atoms. The van der Waals surface area contributed by atoms with Gasteiger partial charge in [0.25, 0.3) is 11.8 Å². The monoisotopic (exact) mass is 478 g/mol. The Labute approximate surface area is 209 Å². The van der Waals surface area contributed by atoms with Gasteiger partial charge in [0.2, 0.25) is 0 Å². The Hall–Kier alpha value is -3.02. The lowest BCUT2D eigenvalue weighted by Crippen LogP contribution is -2.49. The standard InChI is InChI=1S/C29H38N2O4/c1-3-4-7-19-35-24-15-12-22(13-16-24)28(32)30-23-14-17-25(27(20-23)34-2)29(33)31-18-8-10-21-9-5-6-11-26(21)31/h12-17,20-21,26H,3-11,18-19H2,1-2H3,(H,30,32)/t21-,26-/m0/s1. The van der Waals surface area contributed by atoms with Gasteiger partial charge in [-0.05, 0) is 74.4 Å². The van der Waals surface area contributed by atoms with Gasteiger partial charge in [-0.15, -0.1) is 0 Å². The lowest BCUT2D eigenvalue weighted by atomic mass is 9.78. The molecular weight excluding hydrogens is 440 g/mol. The summed E-state index contributed by atoms with van der Waals surface area (Å²) in [6.45, 7) is 3.65. The minimum Gasteiger partial charge on any atom is -0.496 e. The van der Waals surface area contributed by atoms with Crippen LogP contribution >= 0.6 is 0 Å². The highest BCUT2D eigenvalue weighted by Crippen LogP contribution is 2.37. The number of methoxy groups -OCH3 is 1. The lowest BCUT2D eigenvalue weighted by Gasteiger charge is -2.44. The predicted molar refractivity (Wildman–Crippen MR) is 138 cm³/mol. The molecule has 1 N–H and O–H groups in total. The van der Waals surface area contributed by atoms with Gasteiger partial charge in [-0.3, -0.25) is 9.59 Å². The minimum absolute atomic E-state index is 0.0332. The van der Waals surface area contributed by atoms with Crippen molar-refractivity contribution in [3.63, 3.8) is 0 Å². The molecule has 1 aliphatic heterocycles. The Kier molecular flexibility index (Phi) is 8.67. The maximum absolute atomic E-state index is 13.5. The van der Waals surface area contributed by atoms with E-state index in [-0.39, 0.29) is 11.8 Å². The summed E-state index contributed by atoms with van der Waals surface area (Å²) in [6, 6.07) is 12.8. The van der Waals surface area contributed by atoms with E-state index < -0.39 is 0 Å². The van der Waals surface area contributed by atoms with E-state index in [1.807, 2.05) is 12.1 Å². The van der Waals surface area contributed by atoms with E-state index in [1.165, 1.54) is 25.7 Å². The van der Waals surface area contributed by atoms with E-state index in [9.17, 15) is 9.59 Å². The van der Waals surface area contributed by atoms with E-state index >= 15 is 0 Å². The van der Waals surface area contributed by atoms with Gasteiger partial charge in [0, 0.05) is 29.9 Å². The number of likely N-dealkylation sites (tertiary alicyclic amines) is 1. The summed E-state index contributed by atoms with van der Waals surface area (Å²) in [7, 11) is 1.57. The van der Waals surface area contributed by atoms with Crippen molar-refractivity contribution in [1.82, 2.24) is 4.90 Å². The number of hydrogen-bond donors (Lipinski definition) is 1. The zero-order valence-corrected chi connectivity index (χ0v) is 21.1. The lowest BCUT2D eigenvalue weighted by molar-refractivity contribution is 0.0388. The Bertz CT molecular complexity index is 1000. The van der Waals surface area contributed by atoms with Gasteiger partial charge in [0.1, 0.15) is 11.5 Å². The van der Waals surface area contributed by atoms with Gasteiger partial charge < -0.3 is 19.7 Å². The first-order chi connectivity index (χ1) is 17.1. The van der Waals surface area contributed by atoms with Gasteiger partial charge in [-0.25, -0.2) is 0 Å². The molecule has 1 heterocycles. The number of ether oxygens (including phenoxy) is 2. The summed E-state index contributed by atoms with van der Waals surface area (Å²) in [6.07, 6.45) is 10.4. The molecule has 1 saturated heterocycles. The van der Waals surface area contributed by atoms with E-state index in [0.29, 0.717) is 41.1 Å². The van der Waals surface area contributed by atoms with Gasteiger partial charge >= 0.3 is 0 Å². The molecule has 0 aromatic heterocycles. The number of rotatable bonds is 9. The van der Waals surface area contributed by atoms with Gasteiger partial charge in [0.15, 0.2) is 0 Å². The zero-order chi connectivity index (χ0) is 24.6. The van der Waals surface area contributed by atoms with Crippen LogP contribution in [-0.4, -0.2) is 43.0 Å². The van der Waals surface area contributed by atoms with Crippen molar-refractivity contribution >= 4 is 17.5 Å². The first kappa shape index (κ1) is 25.1. The first-order valence-electron chi connectivity index (χ1n) is 13.1. The number of carbonyl (C=O) groups is 2. The molecule has 188 valence electrons. The molecule has 0 bridgehead atoms. The second-order valence-corrected chi connectivity index (χ2v) is 9.70. The highest BCUT2D eigenvalue weighted by Gasteiger charge is 2.36. The number of unbranched alkanes of at least 4 members (excludes halogenated alkanes) is 2. The normalized spacial score (nSPS) is 19.5. The SMILES string of the molecule is CCCCCOc1ccc(C(=O)Nc2ccc(C(=O)N3CCC[C@@H]4CCCC[C@@H]43)c(OC)c2)cc1. The van der Waals surface area contributed by atoms with Crippen LogP contribution in [0.15, 0.2) is 42.5 Å². The molecule has 2 aliphatic rings. The van der Waals surface area contributed by atoms with Crippen molar-refractivity contribution in [2.24, 2.45) is 5.92 Å². The maximum Gasteiger partial charge on any atom is 0.257 e. The van der Waals surface area contributed by atoms with Crippen molar-refractivity contribution in [3.05, 3.63) is 53.6 Å². The van der Waals surface area contributed by atoms with Crippen LogP contribution in [0.5, 0.6) is 11.5 Å². The van der Waals surface area contributed by atoms with Crippen LogP contribution in [0.2, 0.25) is 0 Å². The van der Waals surface area contributed by atoms with Crippen LogP contribution in [0.1, 0.15) is 85.4 Å². The van der Waals surface area contributed by atoms with Gasteiger partial charge in [-0.2, -0.15) is 0 Å². The second kappa shape index (κ2) is 12.1. The summed E-state index contributed by atoms with van der Waals surface area (Å²) in [5.74, 6) is 1.69. The van der Waals surface area contributed by atoms with Crippen molar-refractivity contribution < 1.29 is 19.1 Å². The fraction of sp³-hybridized carbons (Fsp3) is 0.517. The second-order valence-electron chi connectivity index (χ2n) is 9.70. The van der Waals surface area contributed by atoms with Crippen LogP contribution in [0.25, 0.3) is 0 Å². The molecule has 2 aromatic carbocycles. The Morgan fingerprint density at radius 1 is 1.00 bits per heavy atom. The molecule has 4 rings (SSSR count). The topological polar surface area (TPSA) is 67.9 Å². The van der Waals surface area contributed by atoms with Crippen LogP contribution in [0.4, 0.5) is 5.69 Å². The van der Waals surface area contributed by atoms with Crippen molar-refractivity contribution in [3.8, 4) is 11.5 Å². The molecule has 1 aliphatic carbocycles. The fourth-order valence-electron chi connectivity index (χ4n) is 5.43. The summed E-state index contributed by atoms with van der Waals surface area (Å²) in [5, 5.41) is 2.92. The number of nitrogens with one attached hydrogen (secondary N) is 1. The Balaban J connectivity index is 1.40. The number of benzene rings is 2. The summed E-state index contributed by atoms with van der Waals surface area (Å²) in [5.41, 5.74) is 1.69. The summed E-state index contributed by atoms with van der Waals surface area (Å²) in [4.78, 5) is 28.3. The number of hydrogen-bond acceptors (Lipinski definition) is 4. The molecule has 0 unspecified atom stereocenters. The molecule has 2 aromatic rings. The summed E-state index contributed by atoms with van der Waals surface area (Å²) >= 11 is 0. The summed E-state index contributed by atoms with van der Waals surface area (Å²) < 4.78 is 11.3. The quantitative estimate of drug-likeness (QED) is 0.429. The number of fused-ring (bicyclic) bond motifs is 1. The molecule has 1 saturated carbocycles. The van der Waals surface area contributed by atoms with Crippen molar-refractivity contribution in [2.45, 2.75) is 70.8 Å². The van der Waals surface area contributed by atoms with E-state index in [0.717, 1.165) is 44.4 Å². The average molecular weight is 479 g/mol. The zero-order valence-electron chi connectivity index (χ0n) is 21.1. The molecule has 2 amide bonds. The van der Waals surface area contributed by atoms with Crippen LogP contribution in [0.3, 0.4) is 0 Å². The molecular formula is C29H38N2O4. The van der Waals surface area contributed by atoms with E-state index in [2.05, 4.69) is 17.1 Å². The van der Waals surface area contributed by atoms with E-state index in [4.69, 9.17) is 9.47 Å². The van der Waals surface area contributed by atoms with Crippen molar-refractivity contribution in [2.75, 3.05) is 25.6 Å². The fourth-order valence-corrected chi connectivity index (χ4v) is 5.43. The third-order valence-electron chi connectivity index (χ3n) is 7.33. The highest BCUT2D eigenvalue weighted by atomic mass is 16.5. The molecule has 6 nitrogen and oxygen atoms in total. The molecule has 0 spiro atoms. The van der Waals surface area contributed by atoms with Gasteiger partial charge in [0.05, 0.1) is 19.3 Å². The molecule has 2 atom stereocenters. The average Bonchev–Trinajstić information content (AvgIpc) is 2.90. The van der Waals surface area contributed by atoms with E-state index in [1.54, 1.807) is 37.4 Å². The number of carbonyl (C=O) groups excluding carboxylic acids is 2. The number of nitrogens with zero attached hydrogens (tertiary/aromatic N) is 1. The number of piperidine rings is 1. The smallest absolute Gasteiger partial charge is 0.257 e. The Morgan fingerprint density at radius 2 is 1.77 bits per heavy atom. The minimum atomic E-state index is -0.218. The van der Waals surface area contributed by atoms with Gasteiger partial charge in [-0.1, -0.05) is 32.6 Å². The molecule has 6 heteroatoms. The van der Waals surface area contributed by atoms with Crippen LogP contribution in [-0.2, 0) is 0 Å². The third kappa shape index (κ3) is 6.16. The van der Waals surface area contributed by atoms with Crippen LogP contribution < -0.4 is 14.8 Å². The highest BCUT2D eigenvalue weighted by molar-refractivity contribution is 6.05. The van der Waals surface area contributed by atoms with Crippen molar-refractivity contribution in [1.29, 1.82) is 0 Å². The number of amides is 2. The molecule has 2 fully saturated rings. The Morgan fingerprint density at radius 3 is 2.54 bits per heavy atom.